The first kappa shape index (κ1) is 15.8. The van der Waals surface area contributed by atoms with E-state index in [0.29, 0.717) is 0 Å². The minimum Gasteiger partial charge on any atom is -1.00 e. The van der Waals surface area contributed by atoms with Crippen molar-refractivity contribution in [3.05, 3.63) is 33.0 Å². The summed E-state index contributed by atoms with van der Waals surface area (Å²) >= 11 is 0. The molecule has 1 unspecified atom stereocenters. The van der Waals surface area contributed by atoms with Crippen molar-refractivity contribution in [3.63, 3.8) is 0 Å². The summed E-state index contributed by atoms with van der Waals surface area (Å²) in [7, 11) is 0. The summed E-state index contributed by atoms with van der Waals surface area (Å²) < 4.78 is 4.27. The zero-order valence-electron chi connectivity index (χ0n) is 11.1. The maximum atomic E-state index is 11.3. The van der Waals surface area contributed by atoms with Crippen LogP contribution >= 0.6 is 0 Å². The first-order chi connectivity index (χ1) is 8.97. The Morgan fingerprint density at radius 3 is 2.80 bits per heavy atom. The van der Waals surface area contributed by atoms with E-state index in [-0.39, 0.29) is 47.0 Å². The molecule has 20 heavy (non-hydrogen) atoms. The molecule has 1 heterocycles. The zero-order chi connectivity index (χ0) is 14.2. The van der Waals surface area contributed by atoms with E-state index in [9.17, 15) is 20.1 Å². The van der Waals surface area contributed by atoms with Gasteiger partial charge in [0.25, 0.3) is 5.52 Å². The molecule has 1 aromatic heterocycles. The van der Waals surface area contributed by atoms with Crippen LogP contribution in [-0.2, 0) is 4.79 Å². The van der Waals surface area contributed by atoms with Gasteiger partial charge in [-0.3, -0.25) is 19.5 Å². The van der Waals surface area contributed by atoms with Crippen molar-refractivity contribution in [3.8, 4) is 6.07 Å². The van der Waals surface area contributed by atoms with Gasteiger partial charge in [0.2, 0.25) is 5.91 Å². The number of amides is 1. The summed E-state index contributed by atoms with van der Waals surface area (Å²) in [4.78, 5) is 20.9. The van der Waals surface area contributed by atoms with Crippen molar-refractivity contribution in [1.29, 1.82) is 5.26 Å². The van der Waals surface area contributed by atoms with E-state index in [2.05, 4.69) is 9.79 Å². The number of nitro groups is 1. The molecule has 0 saturated heterocycles. The summed E-state index contributed by atoms with van der Waals surface area (Å²) in [6, 6.07) is 3.75. The van der Waals surface area contributed by atoms with Gasteiger partial charge in [0.05, 0.1) is 11.0 Å². The van der Waals surface area contributed by atoms with E-state index in [1.165, 1.54) is 0 Å². The largest absolute Gasteiger partial charge is 1.00 e. The van der Waals surface area contributed by atoms with Gasteiger partial charge in [0.1, 0.15) is 0 Å². The molecule has 0 fully saturated rings. The molecule has 0 spiro atoms. The first-order valence-corrected chi connectivity index (χ1v) is 4.83. The Bertz CT molecular complexity index is 742. The number of fused-ring (bicyclic) bond motifs is 1. The van der Waals surface area contributed by atoms with Gasteiger partial charge in [0, 0.05) is 16.8 Å². The van der Waals surface area contributed by atoms with Gasteiger partial charge in [-0.05, 0) is 11.0 Å². The number of non-ortho nitro benzene ring substituents is 1. The van der Waals surface area contributed by atoms with Crippen LogP contribution in [-0.4, -0.2) is 16.0 Å². The van der Waals surface area contributed by atoms with Gasteiger partial charge < -0.3 is 12.4 Å². The summed E-state index contributed by atoms with van der Waals surface area (Å²) in [5.41, 5.74) is 3.76. The number of primary amides is 1. The van der Waals surface area contributed by atoms with Crippen LogP contribution in [0.2, 0.25) is 0 Å². The van der Waals surface area contributed by atoms with Crippen LogP contribution in [0.3, 0.4) is 0 Å². The molecule has 1 aromatic carbocycles. The molecule has 0 aliphatic rings. The number of hydrogen-bond donors (Lipinski definition) is 1. The summed E-state index contributed by atoms with van der Waals surface area (Å²) in [6.07, 6.45) is 0. The summed E-state index contributed by atoms with van der Waals surface area (Å²) in [5.74, 6) is -2.34. The van der Waals surface area contributed by atoms with Gasteiger partial charge in [-0.1, -0.05) is 0 Å². The van der Waals surface area contributed by atoms with Crippen LogP contribution in [0.1, 0.15) is 12.9 Å². The van der Waals surface area contributed by atoms with E-state index in [4.69, 9.17) is 11.0 Å². The normalized spacial score (nSPS) is 11.3. The average molecular weight is 287 g/mol. The Balaban J connectivity index is 0.00000200. The molecule has 2 rings (SSSR count). The molecule has 1 amide bonds. The fourth-order valence-corrected chi connectivity index (χ4v) is 1.65. The fraction of sp³-hybridized carbons (Fsp3) is 0.111. The number of benzene rings is 1. The molecule has 1 atom stereocenters. The van der Waals surface area contributed by atoms with E-state index < -0.39 is 28.0 Å². The number of aromatic nitrogens is 2. The van der Waals surface area contributed by atoms with Crippen molar-refractivity contribution in [2.75, 3.05) is 0 Å². The monoisotopic (exact) mass is 287 g/mol. The third-order valence-electron chi connectivity index (χ3n) is 2.47. The van der Waals surface area contributed by atoms with Crippen LogP contribution in [0, 0.1) is 26.7 Å². The number of nitrogens with two attached hydrogens (primary N) is 1. The molecule has 0 aliphatic carbocycles. The number of nitrogens with zero attached hydrogens (tertiary/aromatic N) is 4. The molecule has 0 aliphatic heterocycles. The van der Waals surface area contributed by atoms with Crippen molar-refractivity contribution in [2.45, 2.75) is 5.92 Å². The SMILES string of the molecule is N#CC(C(N)=O)c1ccc([N+](=O)[O-])c2c1no[n+]2[O-].[H-].[Na+]. The topological polar surface area (TPSA) is 163 Å². The molecule has 98 valence electrons. The number of rotatable bonds is 3. The Kier molecular flexibility index (Phi) is 4.61. The van der Waals surface area contributed by atoms with Gasteiger partial charge >= 0.3 is 40.8 Å². The second-order valence-electron chi connectivity index (χ2n) is 3.52. The Labute approximate surface area is 134 Å². The predicted octanol–water partition coefficient (Wildman–Crippen LogP) is -3.42. The van der Waals surface area contributed by atoms with Crippen molar-refractivity contribution < 1.29 is 50.2 Å². The summed E-state index contributed by atoms with van der Waals surface area (Å²) in [5, 5.41) is 34.3. The molecule has 2 N–H and O–H groups in total. The number of nitriles is 1. The molecule has 11 heteroatoms. The second kappa shape index (κ2) is 5.83. The first-order valence-electron chi connectivity index (χ1n) is 4.83. The molecular formula is C9H6N5NaO5. The molecule has 0 bridgehead atoms. The van der Waals surface area contributed by atoms with Crippen LogP contribution in [0.5, 0.6) is 0 Å². The van der Waals surface area contributed by atoms with E-state index >= 15 is 0 Å². The van der Waals surface area contributed by atoms with Crippen LogP contribution < -0.4 is 40.2 Å². The number of hydrogen-bond acceptors (Lipinski definition) is 7. The minimum atomic E-state index is -1.38. The van der Waals surface area contributed by atoms with Gasteiger partial charge in [-0.15, -0.1) is 0 Å². The van der Waals surface area contributed by atoms with Crippen molar-refractivity contribution in [2.24, 2.45) is 5.73 Å². The predicted molar refractivity (Wildman–Crippen MR) is 58.3 cm³/mol. The zero-order valence-corrected chi connectivity index (χ0v) is 12.1. The molecule has 10 nitrogen and oxygen atoms in total. The molecule has 0 saturated carbocycles. The Morgan fingerprint density at radius 2 is 2.30 bits per heavy atom. The number of carbonyl (C=O) groups is 1. The molecule has 2 aromatic rings. The second-order valence-corrected chi connectivity index (χ2v) is 3.52. The average Bonchev–Trinajstić information content (AvgIpc) is 2.72. The third-order valence-corrected chi connectivity index (χ3v) is 2.47. The van der Waals surface area contributed by atoms with Crippen molar-refractivity contribution in [1.82, 2.24) is 5.16 Å². The van der Waals surface area contributed by atoms with Crippen LogP contribution in [0.4, 0.5) is 5.69 Å². The number of carbonyl (C=O) groups excluding carboxylic acids is 1. The smallest absolute Gasteiger partial charge is 1.00 e. The Hall–Kier alpha value is -2.22. The van der Waals surface area contributed by atoms with E-state index in [0.717, 1.165) is 12.1 Å². The standard InChI is InChI=1S/C9H5N5O5.Na.H/c10-3-5(9(11)15)4-1-2-6(13(16)17)8-7(4)12-19-14(8)18;;/h1-2,5H,(H2,11,15);;/q;+1;-1. The fourth-order valence-electron chi connectivity index (χ4n) is 1.65. The van der Waals surface area contributed by atoms with E-state index in [1.807, 2.05) is 0 Å². The van der Waals surface area contributed by atoms with Gasteiger partial charge in [-0.2, -0.15) is 5.26 Å². The van der Waals surface area contributed by atoms with Gasteiger partial charge in [-0.25, -0.2) is 0 Å². The summed E-state index contributed by atoms with van der Waals surface area (Å²) in [6.45, 7) is 0. The van der Waals surface area contributed by atoms with Crippen molar-refractivity contribution >= 4 is 22.6 Å². The van der Waals surface area contributed by atoms with Crippen LogP contribution in [0.25, 0.3) is 11.0 Å². The minimum absolute atomic E-state index is 0. The maximum absolute atomic E-state index is 11.3. The molecule has 0 radical (unpaired) electrons. The number of nitro benzene ring substituents is 1. The third kappa shape index (κ3) is 2.42. The Morgan fingerprint density at radius 1 is 1.65 bits per heavy atom. The quantitative estimate of drug-likeness (QED) is 0.266. The van der Waals surface area contributed by atoms with Gasteiger partial charge in [0.15, 0.2) is 5.92 Å². The molecular weight excluding hydrogens is 281 g/mol. The maximum Gasteiger partial charge on any atom is 1.00 e. The van der Waals surface area contributed by atoms with E-state index in [1.54, 1.807) is 6.07 Å². The van der Waals surface area contributed by atoms with Crippen LogP contribution in [0.15, 0.2) is 16.8 Å².